The highest BCUT2D eigenvalue weighted by molar-refractivity contribution is 7.16. The first-order valence-corrected chi connectivity index (χ1v) is 9.20. The van der Waals surface area contributed by atoms with Crippen LogP contribution in [0.15, 0.2) is 35.1 Å². The number of aromatic hydroxyl groups is 1. The summed E-state index contributed by atoms with van der Waals surface area (Å²) in [5, 5.41) is 24.6. The average Bonchev–Trinajstić information content (AvgIpc) is 2.95. The minimum Gasteiger partial charge on any atom is -0.506 e. The number of phenols is 1. The van der Waals surface area contributed by atoms with E-state index < -0.39 is 6.10 Å². The molecule has 0 saturated heterocycles. The molecular formula is C17H16Cl2N2O3S. The largest absolute Gasteiger partial charge is 0.506 e. The molecule has 0 aliphatic carbocycles. The van der Waals surface area contributed by atoms with Crippen molar-refractivity contribution in [1.82, 2.24) is 10.3 Å². The Morgan fingerprint density at radius 3 is 2.80 bits per heavy atom. The molecule has 0 radical (unpaired) electrons. The van der Waals surface area contributed by atoms with Gasteiger partial charge in [-0.25, -0.2) is 0 Å². The van der Waals surface area contributed by atoms with Crippen LogP contribution in [-0.2, 0) is 6.42 Å². The second-order valence-corrected chi connectivity index (χ2v) is 7.43. The van der Waals surface area contributed by atoms with E-state index in [2.05, 4.69) is 10.3 Å². The Morgan fingerprint density at radius 1 is 1.24 bits per heavy atom. The number of aliphatic hydroxyl groups is 1. The van der Waals surface area contributed by atoms with Crippen molar-refractivity contribution >= 4 is 44.8 Å². The predicted octanol–water partition coefficient (Wildman–Crippen LogP) is 3.47. The van der Waals surface area contributed by atoms with Crippen molar-refractivity contribution in [3.63, 3.8) is 0 Å². The topological polar surface area (TPSA) is 85.4 Å². The lowest BCUT2D eigenvalue weighted by Crippen LogP contribution is -2.23. The third-order valence-electron chi connectivity index (χ3n) is 3.87. The molecule has 5 nitrogen and oxygen atoms in total. The Balaban J connectivity index is 1.62. The number of H-pyrrole nitrogens is 1. The molecule has 0 aliphatic rings. The van der Waals surface area contributed by atoms with Gasteiger partial charge in [0, 0.05) is 22.2 Å². The lowest BCUT2D eigenvalue weighted by atomic mass is 10.1. The van der Waals surface area contributed by atoms with Gasteiger partial charge >= 0.3 is 4.87 Å². The fourth-order valence-electron chi connectivity index (χ4n) is 2.60. The summed E-state index contributed by atoms with van der Waals surface area (Å²) < 4.78 is 0.569. The van der Waals surface area contributed by atoms with Crippen LogP contribution >= 0.6 is 34.5 Å². The number of phenolic OH excluding ortho intramolecular Hbond substituents is 1. The molecule has 0 bridgehead atoms. The van der Waals surface area contributed by atoms with Gasteiger partial charge in [-0.1, -0.05) is 46.7 Å². The fraction of sp³-hybridized carbons (Fsp3) is 0.235. The number of aromatic nitrogens is 1. The number of benzene rings is 2. The van der Waals surface area contributed by atoms with Crippen LogP contribution in [0, 0.1) is 0 Å². The Labute approximate surface area is 157 Å². The van der Waals surface area contributed by atoms with Crippen molar-refractivity contribution in [2.45, 2.75) is 12.5 Å². The second-order valence-electron chi connectivity index (χ2n) is 5.60. The summed E-state index contributed by atoms with van der Waals surface area (Å²) in [4.78, 5) is 13.8. The molecule has 0 saturated carbocycles. The first-order valence-electron chi connectivity index (χ1n) is 7.63. The lowest BCUT2D eigenvalue weighted by molar-refractivity contribution is 0.177. The van der Waals surface area contributed by atoms with E-state index in [9.17, 15) is 15.0 Å². The molecule has 1 heterocycles. The lowest BCUT2D eigenvalue weighted by Gasteiger charge is -2.13. The Bertz CT molecular complexity index is 955. The number of nitrogens with one attached hydrogen (secondary N) is 2. The molecular weight excluding hydrogens is 383 g/mol. The van der Waals surface area contributed by atoms with Gasteiger partial charge in [-0.2, -0.15) is 0 Å². The molecule has 1 atom stereocenters. The normalized spacial score (nSPS) is 12.6. The van der Waals surface area contributed by atoms with Crippen molar-refractivity contribution in [2.24, 2.45) is 0 Å². The van der Waals surface area contributed by atoms with Gasteiger partial charge in [-0.15, -0.1) is 0 Å². The second kappa shape index (κ2) is 7.76. The van der Waals surface area contributed by atoms with Gasteiger partial charge < -0.3 is 20.5 Å². The fourth-order valence-corrected chi connectivity index (χ4v) is 4.02. The predicted molar refractivity (Wildman–Crippen MR) is 102 cm³/mol. The highest BCUT2D eigenvalue weighted by Crippen LogP contribution is 2.31. The van der Waals surface area contributed by atoms with Crippen LogP contribution in [0.5, 0.6) is 5.75 Å². The van der Waals surface area contributed by atoms with Crippen LogP contribution in [-0.4, -0.2) is 28.3 Å². The smallest absolute Gasteiger partial charge is 0.305 e. The molecule has 0 aliphatic heterocycles. The molecule has 3 rings (SSSR count). The maximum Gasteiger partial charge on any atom is 0.305 e. The van der Waals surface area contributed by atoms with E-state index in [1.54, 1.807) is 18.2 Å². The molecule has 132 valence electrons. The summed E-state index contributed by atoms with van der Waals surface area (Å²) in [5.74, 6) is -0.00496. The Morgan fingerprint density at radius 2 is 2.04 bits per heavy atom. The van der Waals surface area contributed by atoms with Gasteiger partial charge in [0.1, 0.15) is 11.3 Å². The zero-order valence-electron chi connectivity index (χ0n) is 13.1. The van der Waals surface area contributed by atoms with Crippen molar-refractivity contribution < 1.29 is 10.2 Å². The molecule has 25 heavy (non-hydrogen) atoms. The summed E-state index contributed by atoms with van der Waals surface area (Å²) in [6.45, 7) is 0.945. The van der Waals surface area contributed by atoms with Gasteiger partial charge in [0.15, 0.2) is 0 Å². The Kier molecular flexibility index (Phi) is 5.66. The van der Waals surface area contributed by atoms with Crippen LogP contribution < -0.4 is 10.2 Å². The molecule has 8 heteroatoms. The van der Waals surface area contributed by atoms with Crippen LogP contribution in [0.1, 0.15) is 17.2 Å². The number of rotatable bonds is 6. The standard InChI is InChI=1S/C17H16Cl2N2O3S/c18-10-2-1-9(12(19)7-10)5-6-20-8-14(23)11-3-4-13(22)15-16(11)25-17(24)21-15/h1-4,7,14,20,22-23H,5-6,8H2,(H,21,24). The molecule has 0 fully saturated rings. The monoisotopic (exact) mass is 398 g/mol. The highest BCUT2D eigenvalue weighted by atomic mass is 35.5. The summed E-state index contributed by atoms with van der Waals surface area (Å²) in [6.07, 6.45) is -0.0965. The minimum atomic E-state index is -0.796. The van der Waals surface area contributed by atoms with Gasteiger partial charge in [0.2, 0.25) is 0 Å². The number of aliphatic hydroxyl groups excluding tert-OH is 1. The van der Waals surface area contributed by atoms with E-state index in [1.807, 2.05) is 6.07 Å². The van der Waals surface area contributed by atoms with E-state index in [4.69, 9.17) is 23.2 Å². The SMILES string of the molecule is O=c1[nH]c2c(O)ccc(C(O)CNCCc3ccc(Cl)cc3Cl)c2s1. The van der Waals surface area contributed by atoms with Crippen molar-refractivity contribution in [3.8, 4) is 5.75 Å². The van der Waals surface area contributed by atoms with Crippen LogP contribution in [0.4, 0.5) is 0 Å². The third kappa shape index (κ3) is 4.16. The number of hydrogen-bond donors (Lipinski definition) is 4. The summed E-state index contributed by atoms with van der Waals surface area (Å²) in [7, 11) is 0. The number of thiazole rings is 1. The van der Waals surface area contributed by atoms with Gasteiger partial charge in [-0.3, -0.25) is 4.79 Å². The van der Waals surface area contributed by atoms with Crippen LogP contribution in [0.25, 0.3) is 10.2 Å². The average molecular weight is 399 g/mol. The molecule has 3 aromatic rings. The molecule has 0 amide bonds. The van der Waals surface area contributed by atoms with Gasteiger partial charge in [0.25, 0.3) is 0 Å². The Hall–Kier alpha value is -1.57. The number of fused-ring (bicyclic) bond motifs is 1. The molecule has 2 aromatic carbocycles. The number of halogens is 2. The maximum atomic E-state index is 11.5. The highest BCUT2D eigenvalue weighted by Gasteiger charge is 2.15. The number of aromatic amines is 1. The van der Waals surface area contributed by atoms with Crippen molar-refractivity contribution in [3.05, 3.63) is 61.2 Å². The number of hydrogen-bond acceptors (Lipinski definition) is 5. The zero-order chi connectivity index (χ0) is 18.0. The first kappa shape index (κ1) is 18.2. The van der Waals surface area contributed by atoms with Crippen molar-refractivity contribution in [2.75, 3.05) is 13.1 Å². The van der Waals surface area contributed by atoms with Crippen LogP contribution in [0.2, 0.25) is 10.0 Å². The van der Waals surface area contributed by atoms with Crippen LogP contribution in [0.3, 0.4) is 0 Å². The van der Waals surface area contributed by atoms with E-state index in [1.165, 1.54) is 6.07 Å². The van der Waals surface area contributed by atoms with Gasteiger partial charge in [-0.05, 0) is 36.7 Å². The van der Waals surface area contributed by atoms with E-state index in [0.29, 0.717) is 45.3 Å². The quantitative estimate of drug-likeness (QED) is 0.479. The van der Waals surface area contributed by atoms with E-state index in [-0.39, 0.29) is 10.6 Å². The van der Waals surface area contributed by atoms with Gasteiger partial charge in [0.05, 0.1) is 10.8 Å². The van der Waals surface area contributed by atoms with Crippen molar-refractivity contribution in [1.29, 1.82) is 0 Å². The van der Waals surface area contributed by atoms with E-state index >= 15 is 0 Å². The molecule has 4 N–H and O–H groups in total. The molecule has 0 spiro atoms. The summed E-state index contributed by atoms with van der Waals surface area (Å²) in [5.41, 5.74) is 1.94. The third-order valence-corrected chi connectivity index (χ3v) is 5.39. The molecule has 1 aromatic heterocycles. The molecule has 1 unspecified atom stereocenters. The minimum absolute atomic E-state index is 0.00496. The first-order chi connectivity index (χ1) is 12.0. The summed E-state index contributed by atoms with van der Waals surface area (Å²) >= 11 is 13.0. The van der Waals surface area contributed by atoms with E-state index in [0.717, 1.165) is 16.9 Å². The zero-order valence-corrected chi connectivity index (χ0v) is 15.4. The maximum absolute atomic E-state index is 11.5. The summed E-state index contributed by atoms with van der Waals surface area (Å²) in [6, 6.07) is 8.47.